The number of hydrogen-bond acceptors (Lipinski definition) is 8. The van der Waals surface area contributed by atoms with Gasteiger partial charge in [0.25, 0.3) is 5.69 Å². The lowest BCUT2D eigenvalue weighted by Crippen LogP contribution is -1.89. The van der Waals surface area contributed by atoms with E-state index >= 15 is 0 Å². The largest absolute Gasteiger partial charge is 0.388 e. The summed E-state index contributed by atoms with van der Waals surface area (Å²) in [5.41, 5.74) is 1.10. The minimum atomic E-state index is -0.749. The number of aliphatic hydroxyl groups is 1. The first-order valence-electron chi connectivity index (χ1n) is 5.84. The molecule has 0 aromatic carbocycles. The lowest BCUT2D eigenvalue weighted by molar-refractivity contribution is -0.387. The Morgan fingerprint density at radius 2 is 2.29 bits per heavy atom. The number of thiophene rings is 1. The van der Waals surface area contributed by atoms with E-state index in [1.807, 2.05) is 0 Å². The second kappa shape index (κ2) is 5.39. The van der Waals surface area contributed by atoms with Gasteiger partial charge in [0.1, 0.15) is 21.1 Å². The van der Waals surface area contributed by atoms with Gasteiger partial charge in [-0.15, -0.1) is 11.3 Å². The Kier molecular flexibility index (Phi) is 3.57. The molecule has 0 saturated heterocycles. The van der Waals surface area contributed by atoms with Gasteiger partial charge >= 0.3 is 0 Å². The highest BCUT2D eigenvalue weighted by Gasteiger charge is 2.23. The molecule has 0 radical (unpaired) electrons. The number of imidazole rings is 1. The Morgan fingerprint density at radius 3 is 3.00 bits per heavy atom. The number of aliphatic hydroxyl groups excluding tert-OH is 1. The van der Waals surface area contributed by atoms with Crippen LogP contribution in [0.1, 0.15) is 17.9 Å². The maximum absolute atomic E-state index is 11.1. The molecule has 10 heteroatoms. The van der Waals surface area contributed by atoms with Crippen molar-refractivity contribution in [1.82, 2.24) is 19.9 Å². The van der Waals surface area contributed by atoms with Crippen molar-refractivity contribution in [2.24, 2.45) is 0 Å². The van der Waals surface area contributed by atoms with E-state index in [9.17, 15) is 15.2 Å². The van der Waals surface area contributed by atoms with Crippen LogP contribution in [0.15, 0.2) is 28.0 Å². The zero-order chi connectivity index (χ0) is 15.0. The molecule has 21 heavy (non-hydrogen) atoms. The molecule has 0 unspecified atom stereocenters. The van der Waals surface area contributed by atoms with E-state index in [1.54, 1.807) is 6.92 Å². The van der Waals surface area contributed by atoms with Gasteiger partial charge in [0.2, 0.25) is 0 Å². The smallest absolute Gasteiger partial charge is 0.294 e. The van der Waals surface area contributed by atoms with Crippen LogP contribution >= 0.6 is 23.1 Å². The average molecular weight is 323 g/mol. The third kappa shape index (κ3) is 2.60. The molecule has 0 amide bonds. The minimum Gasteiger partial charge on any atom is -0.388 e. The predicted molar refractivity (Wildman–Crippen MR) is 77.4 cm³/mol. The van der Waals surface area contributed by atoms with Gasteiger partial charge in [-0.1, -0.05) is 0 Å². The number of aromatic nitrogens is 4. The van der Waals surface area contributed by atoms with Crippen LogP contribution < -0.4 is 0 Å². The highest BCUT2D eigenvalue weighted by Crippen LogP contribution is 2.43. The quantitative estimate of drug-likeness (QED) is 0.430. The summed E-state index contributed by atoms with van der Waals surface area (Å²) in [6.07, 6.45) is 2.11. The van der Waals surface area contributed by atoms with Crippen LogP contribution in [0.2, 0.25) is 0 Å². The number of nitrogens with one attached hydrogen (secondary N) is 1. The molecule has 0 fully saturated rings. The molecule has 3 rings (SSSR count). The zero-order valence-electron chi connectivity index (χ0n) is 10.7. The first-order valence-corrected chi connectivity index (χ1v) is 7.47. The number of hydrogen-bond donors (Lipinski definition) is 2. The van der Waals surface area contributed by atoms with Crippen molar-refractivity contribution in [3.63, 3.8) is 0 Å². The van der Waals surface area contributed by atoms with Gasteiger partial charge in [-0.05, 0) is 18.7 Å². The third-order valence-electron chi connectivity index (χ3n) is 2.68. The van der Waals surface area contributed by atoms with Crippen LogP contribution in [0, 0.1) is 10.1 Å². The normalized spacial score (nSPS) is 12.7. The van der Waals surface area contributed by atoms with Gasteiger partial charge in [0.05, 0.1) is 17.4 Å². The van der Waals surface area contributed by atoms with Gasteiger partial charge < -0.3 is 10.1 Å². The van der Waals surface area contributed by atoms with Gasteiger partial charge in [0, 0.05) is 10.9 Å². The second-order valence-corrected chi connectivity index (χ2v) is 6.48. The Hall–Kier alpha value is -2.04. The van der Waals surface area contributed by atoms with Crippen LogP contribution in [0.5, 0.6) is 0 Å². The van der Waals surface area contributed by atoms with Gasteiger partial charge in [-0.2, -0.15) is 0 Å². The number of aromatic amines is 1. The highest BCUT2D eigenvalue weighted by molar-refractivity contribution is 8.01. The summed E-state index contributed by atoms with van der Waals surface area (Å²) in [5.74, 6) is 0. The van der Waals surface area contributed by atoms with E-state index < -0.39 is 11.0 Å². The third-order valence-corrected chi connectivity index (χ3v) is 5.17. The maximum atomic E-state index is 11.1. The van der Waals surface area contributed by atoms with Crippen LogP contribution in [0.4, 0.5) is 5.69 Å². The fourth-order valence-electron chi connectivity index (χ4n) is 1.70. The number of rotatable bonds is 4. The molecule has 0 bridgehead atoms. The molecule has 2 N–H and O–H groups in total. The number of nitro groups is 1. The van der Waals surface area contributed by atoms with E-state index in [0.29, 0.717) is 25.3 Å². The molecular weight excluding hydrogens is 314 g/mol. The molecular formula is C11H9N5O3S2. The SMILES string of the molecule is C[C@H](O)c1cc([N+](=O)[O-])c(Sc2ncnc3nc[nH]c23)s1. The second-order valence-electron chi connectivity index (χ2n) is 4.14. The van der Waals surface area contributed by atoms with Crippen molar-refractivity contribution in [3.8, 4) is 0 Å². The molecule has 3 heterocycles. The van der Waals surface area contributed by atoms with Crippen LogP contribution in [0.3, 0.4) is 0 Å². The predicted octanol–water partition coefficient (Wildman–Crippen LogP) is 2.53. The summed E-state index contributed by atoms with van der Waals surface area (Å²) in [7, 11) is 0. The van der Waals surface area contributed by atoms with Crippen molar-refractivity contribution in [2.45, 2.75) is 22.3 Å². The lowest BCUT2D eigenvalue weighted by Gasteiger charge is -1.99. The number of fused-ring (bicyclic) bond motifs is 1. The number of nitrogens with zero attached hydrogens (tertiary/aromatic N) is 4. The van der Waals surface area contributed by atoms with Gasteiger partial charge in [0.15, 0.2) is 5.65 Å². The fraction of sp³-hybridized carbons (Fsp3) is 0.182. The standard InChI is InChI=1S/C11H9N5O3S2/c1-5(17)7-2-6(16(18)19)11(20-7)21-10-8-9(13-3-12-8)14-4-15-10/h2-5,17H,1H3,(H,12,13,14,15)/t5-/m0/s1. The number of H-pyrrole nitrogens is 1. The molecule has 1 atom stereocenters. The fourth-order valence-corrected chi connectivity index (χ4v) is 3.95. The topological polar surface area (TPSA) is 118 Å². The van der Waals surface area contributed by atoms with Crippen molar-refractivity contribution in [2.75, 3.05) is 0 Å². The van der Waals surface area contributed by atoms with E-state index in [1.165, 1.54) is 30.1 Å². The van der Waals surface area contributed by atoms with Crippen LogP contribution in [-0.4, -0.2) is 30.0 Å². The highest BCUT2D eigenvalue weighted by atomic mass is 32.2. The van der Waals surface area contributed by atoms with E-state index in [2.05, 4.69) is 19.9 Å². The maximum Gasteiger partial charge on any atom is 0.294 e. The summed E-state index contributed by atoms with van der Waals surface area (Å²) in [6.45, 7) is 1.57. The molecule has 0 aliphatic rings. The monoisotopic (exact) mass is 323 g/mol. The zero-order valence-corrected chi connectivity index (χ0v) is 12.3. The average Bonchev–Trinajstić information content (AvgIpc) is 3.05. The molecule has 0 spiro atoms. The molecule has 8 nitrogen and oxygen atoms in total. The van der Waals surface area contributed by atoms with E-state index in [4.69, 9.17) is 0 Å². The summed E-state index contributed by atoms with van der Waals surface area (Å²) < 4.78 is 0.463. The van der Waals surface area contributed by atoms with Crippen LogP contribution in [0.25, 0.3) is 11.2 Å². The van der Waals surface area contributed by atoms with Crippen LogP contribution in [-0.2, 0) is 0 Å². The molecule has 3 aromatic rings. The van der Waals surface area contributed by atoms with E-state index in [-0.39, 0.29) is 5.69 Å². The van der Waals surface area contributed by atoms with Crippen molar-refractivity contribution in [3.05, 3.63) is 33.7 Å². The Bertz CT molecular complexity index is 813. The molecule has 0 saturated carbocycles. The molecule has 0 aliphatic carbocycles. The molecule has 108 valence electrons. The van der Waals surface area contributed by atoms with Crippen molar-refractivity contribution < 1.29 is 10.0 Å². The first kappa shape index (κ1) is 13.9. The summed E-state index contributed by atoms with van der Waals surface area (Å²) in [5, 5.41) is 21.3. The molecule has 3 aromatic heterocycles. The summed E-state index contributed by atoms with van der Waals surface area (Å²) in [4.78, 5) is 26.3. The summed E-state index contributed by atoms with van der Waals surface area (Å²) in [6, 6.07) is 1.39. The van der Waals surface area contributed by atoms with Crippen molar-refractivity contribution in [1.29, 1.82) is 0 Å². The Balaban J connectivity index is 2.05. The van der Waals surface area contributed by atoms with Gasteiger partial charge in [-0.3, -0.25) is 10.1 Å². The molecule has 0 aliphatic heterocycles. The summed E-state index contributed by atoms with van der Waals surface area (Å²) >= 11 is 2.34. The minimum absolute atomic E-state index is 0.0350. The Labute approximate surface area is 126 Å². The van der Waals surface area contributed by atoms with Crippen molar-refractivity contribution >= 4 is 39.9 Å². The Morgan fingerprint density at radius 1 is 1.48 bits per heavy atom. The lowest BCUT2D eigenvalue weighted by atomic mass is 10.3. The first-order chi connectivity index (χ1) is 10.1. The van der Waals surface area contributed by atoms with Gasteiger partial charge in [-0.25, -0.2) is 15.0 Å². The van der Waals surface area contributed by atoms with E-state index in [0.717, 1.165) is 11.8 Å².